The number of halogens is 2. The summed E-state index contributed by atoms with van der Waals surface area (Å²) >= 11 is 0. The molecule has 1 aliphatic rings. The Morgan fingerprint density at radius 1 is 1.13 bits per heavy atom. The lowest BCUT2D eigenvalue weighted by Crippen LogP contribution is -2.36. The summed E-state index contributed by atoms with van der Waals surface area (Å²) in [7, 11) is 3.35. The van der Waals surface area contributed by atoms with E-state index >= 15 is 0 Å². The number of benzene rings is 2. The molecule has 0 bridgehead atoms. The van der Waals surface area contributed by atoms with Crippen molar-refractivity contribution in [2.75, 3.05) is 50.6 Å². The lowest BCUT2D eigenvalue weighted by atomic mass is 10.1. The van der Waals surface area contributed by atoms with E-state index in [1.807, 2.05) is 0 Å². The van der Waals surface area contributed by atoms with Crippen LogP contribution in [-0.4, -0.2) is 61.2 Å². The van der Waals surface area contributed by atoms with Gasteiger partial charge < -0.3 is 19.9 Å². The molecule has 9 heteroatoms. The normalized spacial score (nSPS) is 14.0. The van der Waals surface area contributed by atoms with Crippen LogP contribution in [0.5, 0.6) is 0 Å². The van der Waals surface area contributed by atoms with Gasteiger partial charge in [-0.3, -0.25) is 9.78 Å². The fraction of sp³-hybridized carbons (Fsp3) is 0.318. The summed E-state index contributed by atoms with van der Waals surface area (Å²) in [5, 5.41) is 3.02. The Morgan fingerprint density at radius 3 is 2.52 bits per heavy atom. The van der Waals surface area contributed by atoms with E-state index in [-0.39, 0.29) is 12.5 Å². The Kier molecular flexibility index (Phi) is 5.94. The van der Waals surface area contributed by atoms with E-state index in [0.717, 1.165) is 11.9 Å². The molecule has 0 atom stereocenters. The van der Waals surface area contributed by atoms with E-state index in [9.17, 15) is 13.6 Å². The summed E-state index contributed by atoms with van der Waals surface area (Å²) < 4.78 is 32.5. The highest BCUT2D eigenvalue weighted by Gasteiger charge is 2.17. The maximum atomic E-state index is 13.6. The van der Waals surface area contributed by atoms with Crippen LogP contribution in [0.15, 0.2) is 36.5 Å². The van der Waals surface area contributed by atoms with Crippen molar-refractivity contribution >= 4 is 28.4 Å². The number of hydrogen-bond donors (Lipinski definition) is 1. The van der Waals surface area contributed by atoms with Gasteiger partial charge in [0.1, 0.15) is 17.5 Å². The molecule has 0 unspecified atom stereocenters. The largest absolute Gasteiger partial charge is 0.381 e. The minimum Gasteiger partial charge on any atom is -0.381 e. The quantitative estimate of drug-likeness (QED) is 0.675. The number of amides is 1. The number of aromatic nitrogens is 2. The number of morpholine rings is 1. The number of anilines is 2. The number of nitrogens with one attached hydrogen (secondary N) is 1. The van der Waals surface area contributed by atoms with Crippen LogP contribution < -0.4 is 10.2 Å². The van der Waals surface area contributed by atoms with Crippen molar-refractivity contribution in [2.45, 2.75) is 6.54 Å². The Balaban J connectivity index is 1.73. The highest BCUT2D eigenvalue weighted by Crippen LogP contribution is 2.24. The third-order valence-electron chi connectivity index (χ3n) is 5.05. The first-order valence-electron chi connectivity index (χ1n) is 9.95. The molecule has 1 fully saturated rings. The molecule has 3 aromatic rings. The summed E-state index contributed by atoms with van der Waals surface area (Å²) in [6.07, 6.45) is 1.69. The van der Waals surface area contributed by atoms with Crippen molar-refractivity contribution in [3.05, 3.63) is 59.3 Å². The summed E-state index contributed by atoms with van der Waals surface area (Å²) in [6.45, 7) is 2.89. The van der Waals surface area contributed by atoms with E-state index in [1.54, 1.807) is 32.4 Å². The Hall–Kier alpha value is -3.33. The highest BCUT2D eigenvalue weighted by molar-refractivity contribution is 5.98. The molecule has 31 heavy (non-hydrogen) atoms. The molecule has 0 spiro atoms. The van der Waals surface area contributed by atoms with Gasteiger partial charge in [0.05, 0.1) is 30.4 Å². The topological polar surface area (TPSA) is 70.6 Å². The number of fused-ring (bicyclic) bond motifs is 1. The highest BCUT2D eigenvalue weighted by atomic mass is 19.1. The summed E-state index contributed by atoms with van der Waals surface area (Å²) in [5.74, 6) is -0.781. The third kappa shape index (κ3) is 4.72. The molecule has 1 saturated heterocycles. The van der Waals surface area contributed by atoms with Crippen molar-refractivity contribution in [3.63, 3.8) is 0 Å². The number of rotatable bonds is 5. The molecule has 2 heterocycles. The predicted molar refractivity (Wildman–Crippen MR) is 114 cm³/mol. The SMILES string of the molecule is CN(C)C(=O)c1cc(CNc2cc(F)cc(F)c2)c2nc(N3CCOCC3)cnc2c1. The van der Waals surface area contributed by atoms with E-state index < -0.39 is 11.6 Å². The van der Waals surface area contributed by atoms with Crippen LogP contribution in [0.2, 0.25) is 0 Å². The monoisotopic (exact) mass is 427 g/mol. The molecule has 4 rings (SSSR count). The van der Waals surface area contributed by atoms with E-state index in [2.05, 4.69) is 15.2 Å². The van der Waals surface area contributed by atoms with Crippen molar-refractivity contribution in [2.24, 2.45) is 0 Å². The zero-order valence-corrected chi connectivity index (χ0v) is 17.4. The van der Waals surface area contributed by atoms with Gasteiger partial charge in [-0.1, -0.05) is 0 Å². The van der Waals surface area contributed by atoms with Crippen LogP contribution in [0.1, 0.15) is 15.9 Å². The van der Waals surface area contributed by atoms with Crippen molar-refractivity contribution < 1.29 is 18.3 Å². The van der Waals surface area contributed by atoms with Crippen molar-refractivity contribution in [3.8, 4) is 0 Å². The number of nitrogens with zero attached hydrogens (tertiary/aromatic N) is 4. The van der Waals surface area contributed by atoms with Gasteiger partial charge in [-0.25, -0.2) is 13.8 Å². The molecular formula is C22H23F2N5O2. The Bertz CT molecular complexity index is 1100. The van der Waals surface area contributed by atoms with Gasteiger partial charge in [-0.15, -0.1) is 0 Å². The Labute approximate surface area is 178 Å². The summed E-state index contributed by atoms with van der Waals surface area (Å²) in [6, 6.07) is 6.69. The second-order valence-electron chi connectivity index (χ2n) is 7.54. The molecule has 7 nitrogen and oxygen atoms in total. The van der Waals surface area contributed by atoms with Gasteiger partial charge in [-0.05, 0) is 29.8 Å². The zero-order chi connectivity index (χ0) is 22.0. The molecule has 2 aromatic carbocycles. The van der Waals surface area contributed by atoms with Crippen LogP contribution in [0.3, 0.4) is 0 Å². The number of carbonyl (C=O) groups is 1. The van der Waals surface area contributed by atoms with Crippen molar-refractivity contribution in [1.29, 1.82) is 0 Å². The molecule has 1 N–H and O–H groups in total. The summed E-state index contributed by atoms with van der Waals surface area (Å²) in [5.41, 5.74) is 2.67. The average molecular weight is 427 g/mol. The lowest BCUT2D eigenvalue weighted by molar-refractivity contribution is 0.0827. The Morgan fingerprint density at radius 2 is 1.84 bits per heavy atom. The van der Waals surface area contributed by atoms with Crippen LogP contribution >= 0.6 is 0 Å². The van der Waals surface area contributed by atoms with Crippen LogP contribution in [0, 0.1) is 11.6 Å². The van der Waals surface area contributed by atoms with Crippen LogP contribution in [-0.2, 0) is 11.3 Å². The number of hydrogen-bond acceptors (Lipinski definition) is 6. The molecule has 0 radical (unpaired) electrons. The number of ether oxygens (including phenoxy) is 1. The minimum absolute atomic E-state index is 0.168. The summed E-state index contributed by atoms with van der Waals surface area (Å²) in [4.78, 5) is 25.5. The van der Waals surface area contributed by atoms with Gasteiger partial charge >= 0.3 is 0 Å². The zero-order valence-electron chi connectivity index (χ0n) is 17.4. The van der Waals surface area contributed by atoms with Gasteiger partial charge in [0.15, 0.2) is 0 Å². The van der Waals surface area contributed by atoms with E-state index in [4.69, 9.17) is 9.72 Å². The van der Waals surface area contributed by atoms with Crippen molar-refractivity contribution in [1.82, 2.24) is 14.9 Å². The molecule has 162 valence electrons. The maximum absolute atomic E-state index is 13.6. The molecule has 1 amide bonds. The minimum atomic E-state index is -0.668. The third-order valence-corrected chi connectivity index (χ3v) is 5.05. The van der Waals surface area contributed by atoms with Gasteiger partial charge in [0.25, 0.3) is 5.91 Å². The fourth-order valence-corrected chi connectivity index (χ4v) is 3.49. The van der Waals surface area contributed by atoms with Gasteiger partial charge in [0.2, 0.25) is 0 Å². The maximum Gasteiger partial charge on any atom is 0.253 e. The molecule has 0 aliphatic carbocycles. The fourth-order valence-electron chi connectivity index (χ4n) is 3.49. The molecule has 1 aromatic heterocycles. The first-order chi connectivity index (χ1) is 14.9. The van der Waals surface area contributed by atoms with Gasteiger partial charge in [0, 0.05) is 51.0 Å². The van der Waals surface area contributed by atoms with E-state index in [0.29, 0.717) is 54.2 Å². The molecule has 1 aliphatic heterocycles. The lowest BCUT2D eigenvalue weighted by Gasteiger charge is -2.27. The number of carbonyl (C=O) groups excluding carboxylic acids is 1. The first-order valence-corrected chi connectivity index (χ1v) is 9.95. The van der Waals surface area contributed by atoms with Crippen LogP contribution in [0.25, 0.3) is 11.0 Å². The molecular weight excluding hydrogens is 404 g/mol. The first kappa shape index (κ1) is 20.9. The van der Waals surface area contributed by atoms with Crippen LogP contribution in [0.4, 0.5) is 20.3 Å². The second-order valence-corrected chi connectivity index (χ2v) is 7.54. The smallest absolute Gasteiger partial charge is 0.253 e. The van der Waals surface area contributed by atoms with Gasteiger partial charge in [-0.2, -0.15) is 0 Å². The average Bonchev–Trinajstić information content (AvgIpc) is 2.76. The predicted octanol–water partition coefficient (Wildman–Crippen LogP) is 3.06. The van der Waals surface area contributed by atoms with E-state index in [1.165, 1.54) is 17.0 Å². The molecule has 0 saturated carbocycles. The second kappa shape index (κ2) is 8.81. The standard InChI is InChI=1S/C22H23F2N5O2/c1-28(2)22(30)14-7-15(12-25-18-10-16(23)9-17(24)11-18)21-19(8-14)26-13-20(27-21)29-3-5-31-6-4-29/h7-11,13,25H,3-6,12H2,1-2H3.